The van der Waals surface area contributed by atoms with Crippen molar-refractivity contribution in [3.63, 3.8) is 0 Å². The number of nitrogens with zero attached hydrogens (tertiary/aromatic N) is 2. The average molecular weight is 262 g/mol. The fraction of sp³-hybridized carbons (Fsp3) is 0.176. The summed E-state index contributed by atoms with van der Waals surface area (Å²) in [5, 5.41) is 0. The molecule has 4 rings (SSSR count). The minimum absolute atomic E-state index is 0.0354. The lowest BCUT2D eigenvalue weighted by Crippen LogP contribution is -1.93. The largest absolute Gasteiger partial charge is 0.358 e. The van der Waals surface area contributed by atoms with Crippen LogP contribution in [0.25, 0.3) is 11.0 Å². The summed E-state index contributed by atoms with van der Waals surface area (Å²) >= 11 is 0. The van der Waals surface area contributed by atoms with Crippen LogP contribution in [0.2, 0.25) is 0 Å². The number of aryl methyl sites for hydroxylation is 1. The Bertz CT molecular complexity index is 785. The van der Waals surface area contributed by atoms with Crippen molar-refractivity contribution in [2.24, 2.45) is 0 Å². The molecular formula is C17H14N2O. The van der Waals surface area contributed by atoms with Crippen molar-refractivity contribution in [1.82, 2.24) is 9.97 Å². The highest BCUT2D eigenvalue weighted by Crippen LogP contribution is 2.51. The summed E-state index contributed by atoms with van der Waals surface area (Å²) in [7, 11) is 0. The predicted molar refractivity (Wildman–Crippen MR) is 77.3 cm³/mol. The molecule has 1 aliphatic rings. The fourth-order valence-corrected chi connectivity index (χ4v) is 2.59. The van der Waals surface area contributed by atoms with Crippen LogP contribution in [0.1, 0.15) is 29.0 Å². The first-order chi connectivity index (χ1) is 9.83. The third-order valence-electron chi connectivity index (χ3n) is 3.75. The van der Waals surface area contributed by atoms with Crippen LogP contribution in [-0.2, 0) is 4.74 Å². The number of ether oxygens (including phenoxy) is 1. The lowest BCUT2D eigenvalue weighted by molar-refractivity contribution is 0.374. The van der Waals surface area contributed by atoms with Gasteiger partial charge < -0.3 is 4.74 Å². The summed E-state index contributed by atoms with van der Waals surface area (Å²) < 4.78 is 5.82. The summed E-state index contributed by atoms with van der Waals surface area (Å²) in [4.78, 5) is 9.11. The Morgan fingerprint density at radius 2 is 1.65 bits per heavy atom. The predicted octanol–water partition coefficient (Wildman–Crippen LogP) is 3.75. The maximum Gasteiger partial charge on any atom is 0.132 e. The van der Waals surface area contributed by atoms with Gasteiger partial charge in [-0.15, -0.1) is 0 Å². The zero-order valence-corrected chi connectivity index (χ0v) is 11.2. The van der Waals surface area contributed by atoms with Crippen LogP contribution < -0.4 is 0 Å². The Labute approximate surface area is 117 Å². The van der Waals surface area contributed by atoms with Crippen LogP contribution in [0.15, 0.2) is 54.7 Å². The highest BCUT2D eigenvalue weighted by molar-refractivity contribution is 5.73. The molecule has 3 heteroatoms. The van der Waals surface area contributed by atoms with Crippen LogP contribution in [0.5, 0.6) is 0 Å². The van der Waals surface area contributed by atoms with Gasteiger partial charge in [0.15, 0.2) is 0 Å². The molecule has 3 nitrogen and oxygen atoms in total. The second-order valence-corrected chi connectivity index (χ2v) is 5.12. The van der Waals surface area contributed by atoms with E-state index < -0.39 is 0 Å². The molecule has 1 aliphatic heterocycles. The maximum absolute atomic E-state index is 5.82. The number of rotatable bonds is 2. The van der Waals surface area contributed by atoms with Crippen molar-refractivity contribution in [1.29, 1.82) is 0 Å². The minimum atomic E-state index is 0.0354. The molecule has 20 heavy (non-hydrogen) atoms. The lowest BCUT2D eigenvalue weighted by Gasteiger charge is -2.01. The van der Waals surface area contributed by atoms with E-state index >= 15 is 0 Å². The van der Waals surface area contributed by atoms with Crippen LogP contribution in [0.4, 0.5) is 0 Å². The van der Waals surface area contributed by atoms with E-state index in [4.69, 9.17) is 4.74 Å². The minimum Gasteiger partial charge on any atom is -0.358 e. The average Bonchev–Trinajstić information content (AvgIpc) is 3.27. The van der Waals surface area contributed by atoms with Crippen molar-refractivity contribution in [3.05, 3.63) is 71.5 Å². The molecule has 1 aromatic heterocycles. The van der Waals surface area contributed by atoms with E-state index in [0.717, 1.165) is 16.7 Å². The quantitative estimate of drug-likeness (QED) is 0.660. The fourth-order valence-electron chi connectivity index (χ4n) is 2.59. The SMILES string of the molecule is Cc1ccccc1[C@@H]1O[C@@H]1c1cnc2ccccc2n1. The molecule has 0 bridgehead atoms. The zero-order valence-electron chi connectivity index (χ0n) is 11.2. The van der Waals surface area contributed by atoms with Gasteiger partial charge in [0.2, 0.25) is 0 Å². The van der Waals surface area contributed by atoms with Crippen LogP contribution in [-0.4, -0.2) is 9.97 Å². The van der Waals surface area contributed by atoms with Crippen LogP contribution >= 0.6 is 0 Å². The smallest absolute Gasteiger partial charge is 0.132 e. The number of benzene rings is 2. The standard InChI is InChI=1S/C17H14N2O/c1-11-6-2-3-7-12(11)16-17(20-16)15-10-18-13-8-4-5-9-14(13)19-15/h2-10,16-17H,1H3/t16-,17+/m0/s1. The molecule has 2 atom stereocenters. The van der Waals surface area contributed by atoms with Gasteiger partial charge in [-0.1, -0.05) is 36.4 Å². The van der Waals surface area contributed by atoms with Crippen molar-refractivity contribution < 1.29 is 4.74 Å². The molecule has 3 aromatic rings. The number of hydrogen-bond acceptors (Lipinski definition) is 3. The molecule has 2 aromatic carbocycles. The summed E-state index contributed by atoms with van der Waals surface area (Å²) in [6.45, 7) is 2.11. The second-order valence-electron chi connectivity index (χ2n) is 5.12. The van der Waals surface area contributed by atoms with Gasteiger partial charge in [0, 0.05) is 0 Å². The van der Waals surface area contributed by atoms with Gasteiger partial charge in [0.1, 0.15) is 12.2 Å². The number of hydrogen-bond donors (Lipinski definition) is 0. The van der Waals surface area contributed by atoms with Gasteiger partial charge in [-0.2, -0.15) is 0 Å². The Morgan fingerprint density at radius 3 is 2.50 bits per heavy atom. The first-order valence-corrected chi connectivity index (χ1v) is 6.75. The Kier molecular flexibility index (Phi) is 2.54. The normalized spacial score (nSPS) is 21.1. The molecule has 1 saturated heterocycles. The van der Waals surface area contributed by atoms with E-state index in [0.29, 0.717) is 0 Å². The molecule has 1 fully saturated rings. The van der Waals surface area contributed by atoms with Crippen molar-refractivity contribution in [3.8, 4) is 0 Å². The zero-order chi connectivity index (χ0) is 13.5. The molecule has 0 saturated carbocycles. The van der Waals surface area contributed by atoms with Crippen LogP contribution in [0.3, 0.4) is 0 Å². The van der Waals surface area contributed by atoms with Gasteiger partial charge in [-0.25, -0.2) is 4.98 Å². The molecular weight excluding hydrogens is 248 g/mol. The number of para-hydroxylation sites is 2. The van der Waals surface area contributed by atoms with E-state index in [-0.39, 0.29) is 12.2 Å². The Morgan fingerprint density at radius 1 is 0.900 bits per heavy atom. The van der Waals surface area contributed by atoms with E-state index in [1.54, 1.807) is 0 Å². The molecule has 0 amide bonds. The van der Waals surface area contributed by atoms with Crippen molar-refractivity contribution >= 4 is 11.0 Å². The molecule has 0 N–H and O–H groups in total. The van der Waals surface area contributed by atoms with Gasteiger partial charge in [0.05, 0.1) is 22.9 Å². The van der Waals surface area contributed by atoms with Crippen molar-refractivity contribution in [2.45, 2.75) is 19.1 Å². The summed E-state index contributed by atoms with van der Waals surface area (Å²) in [6.07, 6.45) is 1.98. The summed E-state index contributed by atoms with van der Waals surface area (Å²) in [5.74, 6) is 0. The van der Waals surface area contributed by atoms with E-state index in [2.05, 4.69) is 29.0 Å². The topological polar surface area (TPSA) is 38.3 Å². The third kappa shape index (κ3) is 1.87. The molecule has 2 heterocycles. The second kappa shape index (κ2) is 4.39. The van der Waals surface area contributed by atoms with Crippen molar-refractivity contribution in [2.75, 3.05) is 0 Å². The molecule has 0 aliphatic carbocycles. The van der Waals surface area contributed by atoms with E-state index in [9.17, 15) is 0 Å². The maximum atomic E-state index is 5.82. The molecule has 98 valence electrons. The number of epoxide rings is 1. The first-order valence-electron chi connectivity index (χ1n) is 6.75. The molecule has 0 radical (unpaired) electrons. The van der Waals surface area contributed by atoms with Gasteiger partial charge >= 0.3 is 0 Å². The lowest BCUT2D eigenvalue weighted by atomic mass is 10.0. The van der Waals surface area contributed by atoms with Gasteiger partial charge in [-0.3, -0.25) is 4.98 Å². The van der Waals surface area contributed by atoms with Gasteiger partial charge in [0.25, 0.3) is 0 Å². The number of fused-ring (bicyclic) bond motifs is 1. The monoisotopic (exact) mass is 262 g/mol. The molecule has 0 unspecified atom stereocenters. The third-order valence-corrected chi connectivity index (χ3v) is 3.75. The number of aromatic nitrogens is 2. The first kappa shape index (κ1) is 11.6. The van der Waals surface area contributed by atoms with E-state index in [1.165, 1.54) is 11.1 Å². The summed E-state index contributed by atoms with van der Waals surface area (Å²) in [5.41, 5.74) is 5.26. The summed E-state index contributed by atoms with van der Waals surface area (Å²) in [6, 6.07) is 16.2. The Hall–Kier alpha value is -2.26. The molecule has 0 spiro atoms. The highest BCUT2D eigenvalue weighted by Gasteiger charge is 2.43. The van der Waals surface area contributed by atoms with Crippen LogP contribution in [0, 0.1) is 6.92 Å². The van der Waals surface area contributed by atoms with E-state index in [1.807, 2.05) is 42.6 Å². The Balaban J connectivity index is 1.67. The highest BCUT2D eigenvalue weighted by atomic mass is 16.6. The van der Waals surface area contributed by atoms with Gasteiger partial charge in [-0.05, 0) is 30.2 Å².